The van der Waals surface area contributed by atoms with Crippen molar-refractivity contribution in [2.45, 2.75) is 44.9 Å². The number of nitrogens with zero attached hydrogens (tertiary/aromatic N) is 1. The van der Waals surface area contributed by atoms with Crippen LogP contribution in [0.4, 0.5) is 4.79 Å². The van der Waals surface area contributed by atoms with Crippen LogP contribution in [0.2, 0.25) is 0 Å². The fourth-order valence-electron chi connectivity index (χ4n) is 2.61. The van der Waals surface area contributed by atoms with Gasteiger partial charge in [0.15, 0.2) is 0 Å². The van der Waals surface area contributed by atoms with E-state index in [0.717, 1.165) is 12.0 Å². The van der Waals surface area contributed by atoms with Gasteiger partial charge in [-0.1, -0.05) is 30.3 Å². The van der Waals surface area contributed by atoms with E-state index < -0.39 is 5.60 Å². The van der Waals surface area contributed by atoms with E-state index in [9.17, 15) is 9.90 Å². The molecule has 0 radical (unpaired) electrons. The van der Waals surface area contributed by atoms with Gasteiger partial charge in [0, 0.05) is 19.1 Å². The van der Waals surface area contributed by atoms with E-state index in [2.05, 4.69) is 5.32 Å². The molecule has 0 bridgehead atoms. The summed E-state index contributed by atoms with van der Waals surface area (Å²) >= 11 is 0. The van der Waals surface area contributed by atoms with E-state index in [-0.39, 0.29) is 24.8 Å². The van der Waals surface area contributed by atoms with Gasteiger partial charge in [-0.15, -0.1) is 0 Å². The summed E-state index contributed by atoms with van der Waals surface area (Å²) in [6.07, 6.45) is 0.597. The minimum Gasteiger partial charge on any atom is -0.444 e. The molecule has 122 valence electrons. The number of amides is 1. The van der Waals surface area contributed by atoms with E-state index in [1.807, 2.05) is 51.1 Å². The Balaban J connectivity index is 1.89. The summed E-state index contributed by atoms with van der Waals surface area (Å²) in [4.78, 5) is 13.8. The first-order valence-electron chi connectivity index (χ1n) is 7.79. The second kappa shape index (κ2) is 7.11. The van der Waals surface area contributed by atoms with Crippen molar-refractivity contribution in [1.29, 1.82) is 0 Å². The molecule has 2 atom stereocenters. The molecular weight excluding hydrogens is 280 g/mol. The van der Waals surface area contributed by atoms with Gasteiger partial charge in [0.1, 0.15) is 5.60 Å². The Morgan fingerprint density at radius 3 is 2.68 bits per heavy atom. The predicted molar refractivity (Wildman–Crippen MR) is 85.6 cm³/mol. The van der Waals surface area contributed by atoms with Crippen LogP contribution in [0.1, 0.15) is 38.8 Å². The second-order valence-corrected chi connectivity index (χ2v) is 6.72. The van der Waals surface area contributed by atoms with E-state index in [4.69, 9.17) is 4.74 Å². The zero-order valence-electron chi connectivity index (χ0n) is 13.6. The maximum Gasteiger partial charge on any atom is 0.410 e. The van der Waals surface area contributed by atoms with Gasteiger partial charge in [0.2, 0.25) is 0 Å². The Labute approximate surface area is 132 Å². The Morgan fingerprint density at radius 2 is 2.09 bits per heavy atom. The van der Waals surface area contributed by atoms with E-state index in [1.165, 1.54) is 0 Å². The zero-order valence-corrected chi connectivity index (χ0v) is 13.6. The summed E-state index contributed by atoms with van der Waals surface area (Å²) < 4.78 is 5.40. The Bertz CT molecular complexity index is 484. The molecule has 1 fully saturated rings. The van der Waals surface area contributed by atoms with Crippen LogP contribution < -0.4 is 5.32 Å². The average molecular weight is 306 g/mol. The molecule has 1 aliphatic rings. The summed E-state index contributed by atoms with van der Waals surface area (Å²) in [5.74, 6) is 0. The minimum absolute atomic E-state index is 0.0347. The van der Waals surface area contributed by atoms with Crippen molar-refractivity contribution >= 4 is 6.09 Å². The molecule has 1 unspecified atom stereocenters. The number of ether oxygens (including phenoxy) is 1. The van der Waals surface area contributed by atoms with Crippen LogP contribution in [0.15, 0.2) is 30.3 Å². The summed E-state index contributed by atoms with van der Waals surface area (Å²) in [5.41, 5.74) is 0.584. The van der Waals surface area contributed by atoms with Crippen LogP contribution in [0, 0.1) is 0 Å². The van der Waals surface area contributed by atoms with Crippen molar-refractivity contribution in [2.24, 2.45) is 0 Å². The SMILES string of the molecule is CC(C)(C)OC(=O)N1CCC(N[C@@H](CO)c2ccccc2)C1. The average Bonchev–Trinajstić information content (AvgIpc) is 2.92. The molecule has 2 rings (SSSR count). The molecule has 0 spiro atoms. The number of nitrogens with one attached hydrogen (secondary N) is 1. The molecule has 1 aromatic carbocycles. The lowest BCUT2D eigenvalue weighted by Crippen LogP contribution is -2.40. The van der Waals surface area contributed by atoms with E-state index in [0.29, 0.717) is 13.1 Å². The third kappa shape index (κ3) is 4.71. The highest BCUT2D eigenvalue weighted by Crippen LogP contribution is 2.19. The highest BCUT2D eigenvalue weighted by Gasteiger charge is 2.30. The molecular formula is C17H26N2O3. The molecule has 22 heavy (non-hydrogen) atoms. The smallest absolute Gasteiger partial charge is 0.410 e. The normalized spacial score (nSPS) is 20.0. The van der Waals surface area contributed by atoms with Gasteiger partial charge in [-0.05, 0) is 32.8 Å². The number of carbonyl (C=O) groups is 1. The van der Waals surface area contributed by atoms with Crippen LogP contribution in [-0.4, -0.2) is 47.4 Å². The van der Waals surface area contributed by atoms with Crippen molar-refractivity contribution < 1.29 is 14.6 Å². The predicted octanol–water partition coefficient (Wildman–Crippen LogP) is 2.32. The number of hydrogen-bond donors (Lipinski definition) is 2. The minimum atomic E-state index is -0.472. The van der Waals surface area contributed by atoms with Gasteiger partial charge in [-0.25, -0.2) is 4.79 Å². The summed E-state index contributed by atoms with van der Waals surface area (Å²) in [6.45, 7) is 6.93. The van der Waals surface area contributed by atoms with Crippen molar-refractivity contribution in [3.8, 4) is 0 Å². The first kappa shape index (κ1) is 16.8. The fraction of sp³-hybridized carbons (Fsp3) is 0.588. The molecule has 2 N–H and O–H groups in total. The highest BCUT2D eigenvalue weighted by atomic mass is 16.6. The van der Waals surface area contributed by atoms with E-state index in [1.54, 1.807) is 4.90 Å². The number of aliphatic hydroxyl groups excluding tert-OH is 1. The first-order chi connectivity index (χ1) is 10.4. The van der Waals surface area contributed by atoms with Gasteiger partial charge in [0.05, 0.1) is 12.6 Å². The second-order valence-electron chi connectivity index (χ2n) is 6.72. The Morgan fingerprint density at radius 1 is 1.41 bits per heavy atom. The first-order valence-corrected chi connectivity index (χ1v) is 7.79. The van der Waals surface area contributed by atoms with Crippen LogP contribution in [0.25, 0.3) is 0 Å². The Kier molecular flexibility index (Phi) is 5.42. The number of aliphatic hydroxyl groups is 1. The molecule has 0 aromatic heterocycles. The largest absolute Gasteiger partial charge is 0.444 e. The van der Waals surface area contributed by atoms with Crippen LogP contribution in [0.5, 0.6) is 0 Å². The number of carbonyl (C=O) groups excluding carboxylic acids is 1. The van der Waals surface area contributed by atoms with Gasteiger partial charge in [-0.2, -0.15) is 0 Å². The maximum absolute atomic E-state index is 12.1. The molecule has 1 aliphatic heterocycles. The fourth-order valence-corrected chi connectivity index (χ4v) is 2.61. The molecule has 0 saturated carbocycles. The van der Waals surface area contributed by atoms with Crippen LogP contribution >= 0.6 is 0 Å². The van der Waals surface area contributed by atoms with Gasteiger partial charge >= 0.3 is 6.09 Å². The molecule has 0 aliphatic carbocycles. The highest BCUT2D eigenvalue weighted by molar-refractivity contribution is 5.68. The van der Waals surface area contributed by atoms with Gasteiger partial charge in [0.25, 0.3) is 0 Å². The molecule has 1 aromatic rings. The van der Waals surface area contributed by atoms with E-state index >= 15 is 0 Å². The number of benzene rings is 1. The third-order valence-corrected chi connectivity index (χ3v) is 3.66. The lowest BCUT2D eigenvalue weighted by Gasteiger charge is -2.25. The maximum atomic E-state index is 12.1. The number of hydrogen-bond acceptors (Lipinski definition) is 4. The van der Waals surface area contributed by atoms with Crippen molar-refractivity contribution in [3.05, 3.63) is 35.9 Å². The number of likely N-dealkylation sites (tertiary alicyclic amines) is 1. The zero-order chi connectivity index (χ0) is 16.2. The molecule has 5 nitrogen and oxygen atoms in total. The van der Waals surface area contributed by atoms with Crippen molar-refractivity contribution in [2.75, 3.05) is 19.7 Å². The lowest BCUT2D eigenvalue weighted by molar-refractivity contribution is 0.0290. The molecule has 1 amide bonds. The van der Waals surface area contributed by atoms with Crippen molar-refractivity contribution in [3.63, 3.8) is 0 Å². The lowest BCUT2D eigenvalue weighted by atomic mass is 10.1. The molecule has 1 heterocycles. The van der Waals surface area contributed by atoms with Crippen molar-refractivity contribution in [1.82, 2.24) is 10.2 Å². The summed E-state index contributed by atoms with van der Waals surface area (Å²) in [7, 11) is 0. The summed E-state index contributed by atoms with van der Waals surface area (Å²) in [5, 5.41) is 13.0. The van der Waals surface area contributed by atoms with Gasteiger partial charge in [-0.3, -0.25) is 0 Å². The number of rotatable bonds is 4. The molecule has 5 heteroatoms. The quantitative estimate of drug-likeness (QED) is 0.896. The van der Waals surface area contributed by atoms with Gasteiger partial charge < -0.3 is 20.1 Å². The van der Waals surface area contributed by atoms with Crippen LogP contribution in [0.3, 0.4) is 0 Å². The topological polar surface area (TPSA) is 61.8 Å². The van der Waals surface area contributed by atoms with Crippen LogP contribution in [-0.2, 0) is 4.74 Å². The molecule has 1 saturated heterocycles. The monoisotopic (exact) mass is 306 g/mol. The summed E-state index contributed by atoms with van der Waals surface area (Å²) in [6, 6.07) is 9.93. The third-order valence-electron chi connectivity index (χ3n) is 3.66. The standard InChI is InChI=1S/C17H26N2O3/c1-17(2,3)22-16(21)19-10-9-14(11-19)18-15(12-20)13-7-5-4-6-8-13/h4-8,14-15,18,20H,9-12H2,1-3H3/t14?,15-/m0/s1. The Hall–Kier alpha value is -1.59.